The molecule has 160 valence electrons. The van der Waals surface area contributed by atoms with Gasteiger partial charge in [-0.15, -0.1) is 0 Å². The van der Waals surface area contributed by atoms with Gasteiger partial charge in [0.2, 0.25) is 0 Å². The fourth-order valence-electron chi connectivity index (χ4n) is 4.64. The van der Waals surface area contributed by atoms with Crippen LogP contribution in [0.4, 0.5) is 0 Å². The zero-order valence-corrected chi connectivity index (χ0v) is 17.6. The smallest absolute Gasteiger partial charge is 0.254 e. The molecule has 5 rings (SSSR count). The second kappa shape index (κ2) is 8.10. The molecule has 0 atom stereocenters. The Labute approximate surface area is 180 Å². The summed E-state index contributed by atoms with van der Waals surface area (Å²) < 4.78 is 11.3. The van der Waals surface area contributed by atoms with Gasteiger partial charge in [-0.1, -0.05) is 31.0 Å². The van der Waals surface area contributed by atoms with Crippen LogP contribution in [-0.4, -0.2) is 35.0 Å². The Kier molecular flexibility index (Phi) is 5.14. The topological polar surface area (TPSA) is 71.6 Å². The lowest BCUT2D eigenvalue weighted by molar-refractivity contribution is 0.0663. The largest absolute Gasteiger partial charge is 0.486 e. The van der Waals surface area contributed by atoms with Gasteiger partial charge in [-0.3, -0.25) is 9.59 Å². The molecule has 2 aromatic carbocycles. The molecular formula is C25H26N2O4. The Hall–Kier alpha value is -3.28. The lowest BCUT2D eigenvalue weighted by atomic mass is 10.0. The number of ether oxygens (including phenoxy) is 2. The number of fused-ring (bicyclic) bond motifs is 2. The van der Waals surface area contributed by atoms with Crippen molar-refractivity contribution in [3.8, 4) is 11.5 Å². The molecule has 2 heterocycles. The highest BCUT2D eigenvalue weighted by atomic mass is 16.6. The van der Waals surface area contributed by atoms with E-state index in [2.05, 4.69) is 4.98 Å². The van der Waals surface area contributed by atoms with Gasteiger partial charge in [0.15, 0.2) is 11.5 Å². The van der Waals surface area contributed by atoms with Gasteiger partial charge < -0.3 is 19.4 Å². The third-order valence-corrected chi connectivity index (χ3v) is 6.33. The molecule has 1 fully saturated rings. The van der Waals surface area contributed by atoms with Crippen LogP contribution in [0.25, 0.3) is 10.9 Å². The molecule has 31 heavy (non-hydrogen) atoms. The Balaban J connectivity index is 1.52. The number of benzene rings is 2. The molecule has 3 aromatic rings. The summed E-state index contributed by atoms with van der Waals surface area (Å²) in [5.41, 5.74) is 2.76. The summed E-state index contributed by atoms with van der Waals surface area (Å²) >= 11 is 0. The third-order valence-electron chi connectivity index (χ3n) is 6.33. The van der Waals surface area contributed by atoms with E-state index in [1.807, 2.05) is 54.3 Å². The van der Waals surface area contributed by atoms with Gasteiger partial charge in [-0.25, -0.2) is 0 Å². The first-order chi connectivity index (χ1) is 15.1. The number of rotatable bonds is 4. The quantitative estimate of drug-likeness (QED) is 0.690. The Morgan fingerprint density at radius 3 is 2.52 bits per heavy atom. The van der Waals surface area contributed by atoms with Crippen LogP contribution < -0.4 is 15.0 Å². The standard InChI is InChI=1S/C25H26N2O4/c1-16-6-2-5-9-20(16)25(29)27(19-7-3-4-8-19)15-18-12-17-13-22-23(31-11-10-30-22)14-21(17)26-24(18)28/h2,5-6,9,12-14,19H,3-4,7-8,10-11,15H2,1H3,(H,26,28). The number of amides is 1. The lowest BCUT2D eigenvalue weighted by Crippen LogP contribution is -2.40. The molecule has 2 aliphatic rings. The highest BCUT2D eigenvalue weighted by Gasteiger charge is 2.29. The summed E-state index contributed by atoms with van der Waals surface area (Å²) in [5, 5.41) is 0.869. The molecule has 1 aromatic heterocycles. The van der Waals surface area contributed by atoms with Crippen molar-refractivity contribution in [2.75, 3.05) is 13.2 Å². The van der Waals surface area contributed by atoms with Crippen LogP contribution >= 0.6 is 0 Å². The van der Waals surface area contributed by atoms with Crippen molar-refractivity contribution in [2.45, 2.75) is 45.2 Å². The maximum absolute atomic E-state index is 13.5. The van der Waals surface area contributed by atoms with E-state index in [9.17, 15) is 9.59 Å². The number of hydrogen-bond donors (Lipinski definition) is 1. The molecule has 1 aliphatic heterocycles. The van der Waals surface area contributed by atoms with Crippen LogP contribution in [0.2, 0.25) is 0 Å². The van der Waals surface area contributed by atoms with E-state index in [4.69, 9.17) is 9.47 Å². The number of pyridine rings is 1. The van der Waals surface area contributed by atoms with E-state index in [1.54, 1.807) is 0 Å². The fraction of sp³-hybridized carbons (Fsp3) is 0.360. The van der Waals surface area contributed by atoms with Gasteiger partial charge >= 0.3 is 0 Å². The normalized spacial score (nSPS) is 15.9. The van der Waals surface area contributed by atoms with Crippen molar-refractivity contribution in [3.63, 3.8) is 0 Å². The molecule has 1 aliphatic carbocycles. The number of hydrogen-bond acceptors (Lipinski definition) is 4. The summed E-state index contributed by atoms with van der Waals surface area (Å²) in [7, 11) is 0. The molecule has 6 nitrogen and oxygen atoms in total. The van der Waals surface area contributed by atoms with E-state index in [0.717, 1.165) is 36.6 Å². The fourth-order valence-corrected chi connectivity index (χ4v) is 4.64. The number of H-pyrrole nitrogens is 1. The van der Waals surface area contributed by atoms with Gasteiger partial charge in [-0.2, -0.15) is 0 Å². The Bertz CT molecular complexity index is 1190. The van der Waals surface area contributed by atoms with E-state index < -0.39 is 0 Å². The minimum absolute atomic E-state index is 0.00771. The number of aryl methyl sites for hydroxylation is 1. The first-order valence-corrected chi connectivity index (χ1v) is 10.9. The zero-order chi connectivity index (χ0) is 21.4. The number of carbonyl (C=O) groups excluding carboxylic acids is 1. The highest BCUT2D eigenvalue weighted by Crippen LogP contribution is 2.34. The van der Waals surface area contributed by atoms with E-state index >= 15 is 0 Å². The average Bonchev–Trinajstić information content (AvgIpc) is 3.31. The molecule has 1 amide bonds. The summed E-state index contributed by atoms with van der Waals surface area (Å²) in [5.74, 6) is 1.32. The summed E-state index contributed by atoms with van der Waals surface area (Å²) in [4.78, 5) is 31.3. The second-order valence-corrected chi connectivity index (χ2v) is 8.39. The third kappa shape index (κ3) is 3.78. The first-order valence-electron chi connectivity index (χ1n) is 10.9. The van der Waals surface area contributed by atoms with Crippen molar-refractivity contribution in [1.29, 1.82) is 0 Å². The van der Waals surface area contributed by atoms with Crippen LogP contribution in [0.15, 0.2) is 47.3 Å². The minimum Gasteiger partial charge on any atom is -0.486 e. The zero-order valence-electron chi connectivity index (χ0n) is 17.6. The second-order valence-electron chi connectivity index (χ2n) is 8.39. The molecule has 1 N–H and O–H groups in total. The van der Waals surface area contributed by atoms with Crippen molar-refractivity contribution in [2.24, 2.45) is 0 Å². The maximum Gasteiger partial charge on any atom is 0.254 e. The molecule has 0 spiro atoms. The molecule has 1 saturated carbocycles. The number of aromatic nitrogens is 1. The average molecular weight is 418 g/mol. The van der Waals surface area contributed by atoms with Gasteiger partial charge in [0, 0.05) is 28.6 Å². The Morgan fingerprint density at radius 2 is 1.77 bits per heavy atom. The summed E-state index contributed by atoms with van der Waals surface area (Å²) in [6, 6.07) is 13.4. The molecule has 6 heteroatoms. The molecule has 0 bridgehead atoms. The van der Waals surface area contributed by atoms with E-state index in [-0.39, 0.29) is 24.1 Å². The van der Waals surface area contributed by atoms with Crippen LogP contribution in [0.5, 0.6) is 11.5 Å². The molecular weight excluding hydrogens is 392 g/mol. The minimum atomic E-state index is -0.176. The van der Waals surface area contributed by atoms with Gasteiger partial charge in [-0.05, 0) is 43.5 Å². The first kappa shape index (κ1) is 19.7. The lowest BCUT2D eigenvalue weighted by Gasteiger charge is -2.29. The summed E-state index contributed by atoms with van der Waals surface area (Å²) in [6.07, 6.45) is 4.17. The van der Waals surface area contributed by atoms with E-state index in [0.29, 0.717) is 41.4 Å². The predicted molar refractivity (Wildman–Crippen MR) is 119 cm³/mol. The number of carbonyl (C=O) groups is 1. The maximum atomic E-state index is 13.5. The molecule has 0 unspecified atom stereocenters. The summed E-state index contributed by atoms with van der Waals surface area (Å²) in [6.45, 7) is 3.25. The van der Waals surface area contributed by atoms with Crippen LogP contribution in [-0.2, 0) is 6.54 Å². The predicted octanol–water partition coefficient (Wildman–Crippen LogP) is 4.19. The van der Waals surface area contributed by atoms with Crippen LogP contribution in [0.1, 0.15) is 47.2 Å². The highest BCUT2D eigenvalue weighted by molar-refractivity contribution is 5.96. The van der Waals surface area contributed by atoms with Gasteiger partial charge in [0.25, 0.3) is 11.5 Å². The monoisotopic (exact) mass is 418 g/mol. The van der Waals surface area contributed by atoms with Crippen LogP contribution in [0.3, 0.4) is 0 Å². The number of nitrogens with zero attached hydrogens (tertiary/aromatic N) is 1. The Morgan fingerprint density at radius 1 is 1.06 bits per heavy atom. The SMILES string of the molecule is Cc1ccccc1C(=O)N(Cc1cc2cc3c(cc2[nH]c1=O)OCCO3)C1CCCC1. The van der Waals surface area contributed by atoms with Crippen molar-refractivity contribution >= 4 is 16.8 Å². The molecule has 0 radical (unpaired) electrons. The van der Waals surface area contributed by atoms with Gasteiger partial charge in [0.1, 0.15) is 13.2 Å². The van der Waals surface area contributed by atoms with Gasteiger partial charge in [0.05, 0.1) is 12.1 Å². The van der Waals surface area contributed by atoms with Crippen molar-refractivity contribution in [1.82, 2.24) is 9.88 Å². The number of aromatic amines is 1. The van der Waals surface area contributed by atoms with Crippen molar-refractivity contribution < 1.29 is 14.3 Å². The van der Waals surface area contributed by atoms with E-state index in [1.165, 1.54) is 0 Å². The van der Waals surface area contributed by atoms with Crippen LogP contribution in [0, 0.1) is 6.92 Å². The number of nitrogens with one attached hydrogen (secondary N) is 1. The molecule has 0 saturated heterocycles. The van der Waals surface area contributed by atoms with Crippen molar-refractivity contribution in [3.05, 3.63) is 69.5 Å².